The third kappa shape index (κ3) is 3.06. The summed E-state index contributed by atoms with van der Waals surface area (Å²) in [4.78, 5) is 15.9. The molecule has 5 heteroatoms. The molecule has 0 spiro atoms. The molecule has 0 aliphatic rings. The molecule has 0 fully saturated rings. The molecule has 0 saturated carbocycles. The number of rotatable bonds is 3. The Morgan fingerprint density at radius 3 is 2.58 bits per heavy atom. The van der Waals surface area contributed by atoms with Crippen molar-refractivity contribution in [2.75, 3.05) is 5.73 Å². The number of aromatic nitrogens is 1. The summed E-state index contributed by atoms with van der Waals surface area (Å²) in [5.41, 5.74) is 8.73. The molecule has 1 heterocycles. The molecular formula is C14H14N2O2S. The SMILES string of the molecule is Cc1ccc(Sc2ncc(C(=O)O)cc2N)cc1C. The zero-order valence-electron chi connectivity index (χ0n) is 10.7. The number of hydrogen-bond acceptors (Lipinski definition) is 4. The van der Waals surface area contributed by atoms with Gasteiger partial charge in [-0.3, -0.25) is 0 Å². The lowest BCUT2D eigenvalue weighted by Crippen LogP contribution is -2.00. The fourth-order valence-corrected chi connectivity index (χ4v) is 2.44. The molecule has 1 aromatic heterocycles. The van der Waals surface area contributed by atoms with E-state index in [9.17, 15) is 4.79 Å². The molecular weight excluding hydrogens is 260 g/mol. The van der Waals surface area contributed by atoms with Crippen molar-refractivity contribution in [1.82, 2.24) is 4.98 Å². The maximum Gasteiger partial charge on any atom is 0.337 e. The second kappa shape index (κ2) is 5.32. The first-order chi connectivity index (χ1) is 8.97. The van der Waals surface area contributed by atoms with Crippen molar-refractivity contribution < 1.29 is 9.90 Å². The first-order valence-electron chi connectivity index (χ1n) is 5.71. The number of hydrogen-bond donors (Lipinski definition) is 2. The number of benzene rings is 1. The van der Waals surface area contributed by atoms with Crippen molar-refractivity contribution in [2.45, 2.75) is 23.8 Å². The average Bonchev–Trinajstić information content (AvgIpc) is 2.36. The smallest absolute Gasteiger partial charge is 0.337 e. The number of pyridine rings is 1. The monoisotopic (exact) mass is 274 g/mol. The first-order valence-corrected chi connectivity index (χ1v) is 6.53. The molecule has 98 valence electrons. The minimum atomic E-state index is -1.03. The summed E-state index contributed by atoms with van der Waals surface area (Å²) >= 11 is 1.43. The largest absolute Gasteiger partial charge is 0.478 e. The standard InChI is InChI=1S/C14H14N2O2S/c1-8-3-4-11(5-9(8)2)19-13-12(15)6-10(7-16-13)14(17)18/h3-7H,15H2,1-2H3,(H,17,18). The predicted octanol–water partition coefficient (Wildman–Crippen LogP) is 3.13. The van der Waals surface area contributed by atoms with Crippen LogP contribution in [0.3, 0.4) is 0 Å². The zero-order chi connectivity index (χ0) is 14.0. The van der Waals surface area contributed by atoms with Crippen LogP contribution in [0, 0.1) is 13.8 Å². The maximum atomic E-state index is 10.8. The van der Waals surface area contributed by atoms with Crippen molar-refractivity contribution in [3.8, 4) is 0 Å². The van der Waals surface area contributed by atoms with Crippen molar-refractivity contribution in [3.63, 3.8) is 0 Å². The Morgan fingerprint density at radius 1 is 1.26 bits per heavy atom. The van der Waals surface area contributed by atoms with E-state index in [1.165, 1.54) is 35.2 Å². The van der Waals surface area contributed by atoms with Crippen LogP contribution in [0.1, 0.15) is 21.5 Å². The van der Waals surface area contributed by atoms with Crippen molar-refractivity contribution in [3.05, 3.63) is 47.2 Å². The highest BCUT2D eigenvalue weighted by Gasteiger charge is 2.09. The Kier molecular flexibility index (Phi) is 3.76. The van der Waals surface area contributed by atoms with Gasteiger partial charge >= 0.3 is 5.97 Å². The van der Waals surface area contributed by atoms with E-state index < -0.39 is 5.97 Å². The molecule has 0 atom stereocenters. The van der Waals surface area contributed by atoms with Crippen LogP contribution >= 0.6 is 11.8 Å². The van der Waals surface area contributed by atoms with Gasteiger partial charge in [-0.2, -0.15) is 0 Å². The van der Waals surface area contributed by atoms with Gasteiger partial charge in [0, 0.05) is 11.1 Å². The fraction of sp³-hybridized carbons (Fsp3) is 0.143. The molecule has 2 aromatic rings. The molecule has 4 nitrogen and oxygen atoms in total. The maximum absolute atomic E-state index is 10.8. The van der Waals surface area contributed by atoms with E-state index in [-0.39, 0.29) is 5.56 Å². The van der Waals surface area contributed by atoms with Crippen LogP contribution in [0.4, 0.5) is 5.69 Å². The highest BCUT2D eigenvalue weighted by atomic mass is 32.2. The van der Waals surface area contributed by atoms with Gasteiger partial charge in [-0.25, -0.2) is 9.78 Å². The molecule has 0 aliphatic heterocycles. The topological polar surface area (TPSA) is 76.2 Å². The normalized spacial score (nSPS) is 10.4. The summed E-state index contributed by atoms with van der Waals surface area (Å²) in [6.45, 7) is 4.10. The van der Waals surface area contributed by atoms with Gasteiger partial charge in [-0.05, 0) is 43.2 Å². The Labute approximate surface area is 115 Å². The minimum absolute atomic E-state index is 0.0990. The predicted molar refractivity (Wildman–Crippen MR) is 75.6 cm³/mol. The number of anilines is 1. The van der Waals surface area contributed by atoms with E-state index in [0.29, 0.717) is 10.7 Å². The van der Waals surface area contributed by atoms with E-state index in [1.54, 1.807) is 0 Å². The van der Waals surface area contributed by atoms with Crippen LogP contribution in [0.5, 0.6) is 0 Å². The molecule has 19 heavy (non-hydrogen) atoms. The molecule has 0 aliphatic carbocycles. The van der Waals surface area contributed by atoms with Crippen LogP contribution in [-0.2, 0) is 0 Å². The molecule has 0 bridgehead atoms. The van der Waals surface area contributed by atoms with Gasteiger partial charge in [0.2, 0.25) is 0 Å². The number of nitrogen functional groups attached to an aromatic ring is 1. The molecule has 0 radical (unpaired) electrons. The van der Waals surface area contributed by atoms with Crippen LogP contribution in [-0.4, -0.2) is 16.1 Å². The zero-order valence-corrected chi connectivity index (χ0v) is 11.5. The van der Waals surface area contributed by atoms with Crippen LogP contribution in [0.15, 0.2) is 40.4 Å². The Hall–Kier alpha value is -2.01. The number of carbonyl (C=O) groups is 1. The molecule has 0 saturated heterocycles. The summed E-state index contributed by atoms with van der Waals surface area (Å²) in [7, 11) is 0. The van der Waals surface area contributed by atoms with Gasteiger partial charge in [-0.15, -0.1) is 0 Å². The highest BCUT2D eigenvalue weighted by Crippen LogP contribution is 2.31. The minimum Gasteiger partial charge on any atom is -0.478 e. The molecule has 0 amide bonds. The number of nitrogens with two attached hydrogens (primary N) is 1. The van der Waals surface area contributed by atoms with Crippen molar-refractivity contribution in [2.24, 2.45) is 0 Å². The van der Waals surface area contributed by atoms with E-state index >= 15 is 0 Å². The highest BCUT2D eigenvalue weighted by molar-refractivity contribution is 7.99. The number of nitrogens with zero attached hydrogens (tertiary/aromatic N) is 1. The third-order valence-corrected chi connectivity index (χ3v) is 3.84. The summed E-state index contributed by atoms with van der Waals surface area (Å²) in [5.74, 6) is -1.03. The van der Waals surface area contributed by atoms with Gasteiger partial charge in [0.1, 0.15) is 5.03 Å². The number of carboxylic acid groups (broad SMARTS) is 1. The van der Waals surface area contributed by atoms with E-state index in [2.05, 4.69) is 18.0 Å². The van der Waals surface area contributed by atoms with Gasteiger partial charge in [-0.1, -0.05) is 17.8 Å². The summed E-state index contributed by atoms with van der Waals surface area (Å²) < 4.78 is 0. The third-order valence-electron chi connectivity index (χ3n) is 2.82. The Bertz CT molecular complexity index is 641. The average molecular weight is 274 g/mol. The van der Waals surface area contributed by atoms with Crippen LogP contribution in [0.25, 0.3) is 0 Å². The Morgan fingerprint density at radius 2 is 2.00 bits per heavy atom. The second-order valence-electron chi connectivity index (χ2n) is 4.27. The second-order valence-corrected chi connectivity index (χ2v) is 5.33. The van der Waals surface area contributed by atoms with E-state index in [4.69, 9.17) is 10.8 Å². The number of carboxylic acids is 1. The van der Waals surface area contributed by atoms with Crippen LogP contribution < -0.4 is 5.73 Å². The fourth-order valence-electron chi connectivity index (χ4n) is 1.56. The van der Waals surface area contributed by atoms with Gasteiger partial charge in [0.25, 0.3) is 0 Å². The lowest BCUT2D eigenvalue weighted by molar-refractivity contribution is 0.0696. The lowest BCUT2D eigenvalue weighted by Gasteiger charge is -2.07. The molecule has 0 unspecified atom stereocenters. The van der Waals surface area contributed by atoms with E-state index in [1.807, 2.05) is 19.1 Å². The Balaban J connectivity index is 2.28. The van der Waals surface area contributed by atoms with Gasteiger partial charge in [0.15, 0.2) is 0 Å². The quantitative estimate of drug-likeness (QED) is 0.899. The van der Waals surface area contributed by atoms with Crippen molar-refractivity contribution >= 4 is 23.4 Å². The van der Waals surface area contributed by atoms with Crippen LogP contribution in [0.2, 0.25) is 0 Å². The summed E-state index contributed by atoms with van der Waals surface area (Å²) in [6.07, 6.45) is 1.32. The first kappa shape index (κ1) is 13.4. The molecule has 3 N–H and O–H groups in total. The number of aromatic carboxylic acids is 1. The lowest BCUT2D eigenvalue weighted by atomic mass is 10.1. The van der Waals surface area contributed by atoms with E-state index in [0.717, 1.165) is 4.90 Å². The molecule has 1 aromatic carbocycles. The summed E-state index contributed by atoms with van der Waals surface area (Å²) in [5, 5.41) is 9.47. The summed E-state index contributed by atoms with van der Waals surface area (Å²) in [6, 6.07) is 7.53. The van der Waals surface area contributed by atoms with Crippen molar-refractivity contribution in [1.29, 1.82) is 0 Å². The number of aryl methyl sites for hydroxylation is 2. The molecule has 2 rings (SSSR count). The van der Waals surface area contributed by atoms with Gasteiger partial charge in [0.05, 0.1) is 11.3 Å². The van der Waals surface area contributed by atoms with Gasteiger partial charge < -0.3 is 10.8 Å².